The standard InChI is InChI=1S/C9H11N5O2S2/c10-14-9-2-1-8(4-11-9)18(15,16)13-3-7-5-17-6-12-7/h1-2,4-6,13H,3,10H2,(H,11,14). The van der Waals surface area contributed by atoms with Gasteiger partial charge in [-0.3, -0.25) is 0 Å². The van der Waals surface area contributed by atoms with Crippen molar-refractivity contribution in [1.82, 2.24) is 14.7 Å². The first kappa shape index (κ1) is 12.9. The van der Waals surface area contributed by atoms with Crippen LogP contribution in [-0.4, -0.2) is 18.4 Å². The minimum atomic E-state index is -3.58. The van der Waals surface area contributed by atoms with Crippen LogP contribution in [0.2, 0.25) is 0 Å². The Morgan fingerprint density at radius 1 is 1.33 bits per heavy atom. The van der Waals surface area contributed by atoms with Crippen LogP contribution in [0.15, 0.2) is 34.1 Å². The van der Waals surface area contributed by atoms with Gasteiger partial charge in [0.1, 0.15) is 10.7 Å². The lowest BCUT2D eigenvalue weighted by molar-refractivity contribution is 0.580. The van der Waals surface area contributed by atoms with Gasteiger partial charge < -0.3 is 5.43 Å². The van der Waals surface area contributed by atoms with Crippen molar-refractivity contribution in [3.05, 3.63) is 34.9 Å². The van der Waals surface area contributed by atoms with Gasteiger partial charge in [-0.1, -0.05) is 0 Å². The second kappa shape index (κ2) is 5.40. The Balaban J connectivity index is 2.09. The molecule has 7 nitrogen and oxygen atoms in total. The van der Waals surface area contributed by atoms with E-state index >= 15 is 0 Å². The van der Waals surface area contributed by atoms with Crippen LogP contribution in [0.5, 0.6) is 0 Å². The van der Waals surface area contributed by atoms with E-state index in [-0.39, 0.29) is 11.4 Å². The maximum Gasteiger partial charge on any atom is 0.242 e. The maximum absolute atomic E-state index is 11.9. The van der Waals surface area contributed by atoms with E-state index in [2.05, 4.69) is 20.1 Å². The third-order valence-electron chi connectivity index (χ3n) is 2.12. The van der Waals surface area contributed by atoms with E-state index in [0.29, 0.717) is 11.5 Å². The number of hydrogen-bond donors (Lipinski definition) is 3. The number of rotatable bonds is 5. The van der Waals surface area contributed by atoms with Crippen LogP contribution in [-0.2, 0) is 16.6 Å². The number of hydrogen-bond acceptors (Lipinski definition) is 7. The van der Waals surface area contributed by atoms with E-state index in [1.54, 1.807) is 10.9 Å². The average molecular weight is 285 g/mol. The average Bonchev–Trinajstić information content (AvgIpc) is 2.90. The van der Waals surface area contributed by atoms with Crippen LogP contribution >= 0.6 is 11.3 Å². The van der Waals surface area contributed by atoms with Gasteiger partial charge in [-0.05, 0) is 12.1 Å². The normalized spacial score (nSPS) is 11.4. The van der Waals surface area contributed by atoms with Crippen molar-refractivity contribution in [3.63, 3.8) is 0 Å². The lowest BCUT2D eigenvalue weighted by Gasteiger charge is -2.05. The van der Waals surface area contributed by atoms with Crippen LogP contribution in [0, 0.1) is 0 Å². The summed E-state index contributed by atoms with van der Waals surface area (Å²) in [5.41, 5.74) is 4.65. The molecule has 4 N–H and O–H groups in total. The minimum absolute atomic E-state index is 0.0803. The summed E-state index contributed by atoms with van der Waals surface area (Å²) < 4.78 is 26.2. The summed E-state index contributed by atoms with van der Waals surface area (Å²) in [7, 11) is -3.58. The molecule has 18 heavy (non-hydrogen) atoms. The van der Waals surface area contributed by atoms with Crippen molar-refractivity contribution in [2.24, 2.45) is 5.84 Å². The summed E-state index contributed by atoms with van der Waals surface area (Å²) in [6.07, 6.45) is 1.23. The number of pyridine rings is 1. The Kier molecular flexibility index (Phi) is 3.87. The molecule has 0 bridgehead atoms. The van der Waals surface area contributed by atoms with Crippen molar-refractivity contribution in [1.29, 1.82) is 0 Å². The van der Waals surface area contributed by atoms with Gasteiger partial charge in [0.05, 0.1) is 17.7 Å². The number of nitrogens with two attached hydrogens (primary N) is 1. The predicted molar refractivity (Wildman–Crippen MR) is 68.2 cm³/mol. The number of nitrogen functional groups attached to an aromatic ring is 1. The summed E-state index contributed by atoms with van der Waals surface area (Å²) in [5, 5.41) is 1.78. The molecule has 2 aromatic heterocycles. The lowest BCUT2D eigenvalue weighted by Crippen LogP contribution is -2.23. The Morgan fingerprint density at radius 2 is 2.17 bits per heavy atom. The highest BCUT2D eigenvalue weighted by molar-refractivity contribution is 7.89. The van der Waals surface area contributed by atoms with Gasteiger partial charge in [-0.15, -0.1) is 11.3 Å². The van der Waals surface area contributed by atoms with Crippen LogP contribution in [0.3, 0.4) is 0 Å². The van der Waals surface area contributed by atoms with Gasteiger partial charge in [-0.25, -0.2) is 29.0 Å². The highest BCUT2D eigenvalue weighted by atomic mass is 32.2. The molecular weight excluding hydrogens is 274 g/mol. The number of nitrogens with one attached hydrogen (secondary N) is 2. The maximum atomic E-state index is 11.9. The molecule has 0 aliphatic heterocycles. The fourth-order valence-electron chi connectivity index (χ4n) is 1.20. The fourth-order valence-corrected chi connectivity index (χ4v) is 2.70. The van der Waals surface area contributed by atoms with Gasteiger partial charge in [0.2, 0.25) is 10.0 Å². The van der Waals surface area contributed by atoms with Gasteiger partial charge in [0.15, 0.2) is 0 Å². The third-order valence-corrected chi connectivity index (χ3v) is 4.14. The van der Waals surface area contributed by atoms with Gasteiger partial charge in [-0.2, -0.15) is 0 Å². The molecule has 96 valence electrons. The highest BCUT2D eigenvalue weighted by Crippen LogP contribution is 2.10. The SMILES string of the molecule is NNc1ccc(S(=O)(=O)NCc2cscn2)cn1. The molecule has 0 radical (unpaired) electrons. The van der Waals surface area contributed by atoms with E-state index in [4.69, 9.17) is 5.84 Å². The zero-order valence-corrected chi connectivity index (χ0v) is 10.8. The third kappa shape index (κ3) is 3.01. The molecule has 0 saturated heterocycles. The molecule has 0 spiro atoms. The summed E-state index contributed by atoms with van der Waals surface area (Å²) >= 11 is 1.41. The second-order valence-electron chi connectivity index (χ2n) is 3.33. The second-order valence-corrected chi connectivity index (χ2v) is 5.81. The summed E-state index contributed by atoms with van der Waals surface area (Å²) in [6.45, 7) is 0.155. The van der Waals surface area contributed by atoms with Gasteiger partial charge in [0, 0.05) is 11.6 Å². The number of hydrazine groups is 1. The van der Waals surface area contributed by atoms with E-state index in [1.807, 2.05) is 0 Å². The molecule has 0 fully saturated rings. The Bertz CT molecular complexity index is 594. The van der Waals surface area contributed by atoms with E-state index in [1.165, 1.54) is 29.7 Å². The van der Waals surface area contributed by atoms with E-state index in [0.717, 1.165) is 0 Å². The Morgan fingerprint density at radius 3 is 2.72 bits per heavy atom. The molecule has 2 aromatic rings. The highest BCUT2D eigenvalue weighted by Gasteiger charge is 2.14. The molecule has 0 aliphatic carbocycles. The van der Waals surface area contributed by atoms with E-state index in [9.17, 15) is 8.42 Å². The number of anilines is 1. The fraction of sp³-hybridized carbons (Fsp3) is 0.111. The molecule has 0 amide bonds. The van der Waals surface area contributed by atoms with Crippen LogP contribution in [0.1, 0.15) is 5.69 Å². The molecule has 0 unspecified atom stereocenters. The zero-order valence-electron chi connectivity index (χ0n) is 9.20. The number of aromatic nitrogens is 2. The summed E-state index contributed by atoms with van der Waals surface area (Å²) in [6, 6.07) is 2.91. The summed E-state index contributed by atoms with van der Waals surface area (Å²) in [5.74, 6) is 5.54. The molecule has 9 heteroatoms. The number of nitrogens with zero attached hydrogens (tertiary/aromatic N) is 2. The zero-order chi connectivity index (χ0) is 13.0. The molecule has 0 saturated carbocycles. The monoisotopic (exact) mass is 285 g/mol. The first-order chi connectivity index (χ1) is 8.62. The van der Waals surface area contributed by atoms with Crippen molar-refractivity contribution in [2.75, 3.05) is 5.43 Å². The van der Waals surface area contributed by atoms with Gasteiger partial charge >= 0.3 is 0 Å². The Labute approximate surface area is 108 Å². The molecule has 2 heterocycles. The van der Waals surface area contributed by atoms with Crippen LogP contribution in [0.4, 0.5) is 5.82 Å². The molecule has 0 aromatic carbocycles. The van der Waals surface area contributed by atoms with Crippen LogP contribution < -0.4 is 16.0 Å². The van der Waals surface area contributed by atoms with Crippen molar-refractivity contribution >= 4 is 27.2 Å². The van der Waals surface area contributed by atoms with Crippen molar-refractivity contribution in [2.45, 2.75) is 11.4 Å². The molecule has 0 atom stereocenters. The van der Waals surface area contributed by atoms with Crippen LogP contribution in [0.25, 0.3) is 0 Å². The van der Waals surface area contributed by atoms with Crippen molar-refractivity contribution in [3.8, 4) is 0 Å². The quantitative estimate of drug-likeness (QED) is 0.538. The largest absolute Gasteiger partial charge is 0.308 e. The molecule has 2 rings (SSSR count). The van der Waals surface area contributed by atoms with Gasteiger partial charge in [0.25, 0.3) is 0 Å². The summed E-state index contributed by atoms with van der Waals surface area (Å²) in [4.78, 5) is 7.91. The minimum Gasteiger partial charge on any atom is -0.308 e. The van der Waals surface area contributed by atoms with E-state index < -0.39 is 10.0 Å². The predicted octanol–water partition coefficient (Wildman–Crippen LogP) is 0.302. The lowest BCUT2D eigenvalue weighted by atomic mass is 10.5. The smallest absolute Gasteiger partial charge is 0.242 e. The first-order valence-electron chi connectivity index (χ1n) is 4.91. The number of sulfonamides is 1. The first-order valence-corrected chi connectivity index (χ1v) is 7.34. The molecule has 0 aliphatic rings. The topological polar surface area (TPSA) is 110 Å². The Hall–Kier alpha value is -1.55. The van der Waals surface area contributed by atoms with Crippen molar-refractivity contribution < 1.29 is 8.42 Å². The molecular formula is C9H11N5O2S2. The number of thiazole rings is 1.